The van der Waals surface area contributed by atoms with Crippen LogP contribution in [-0.2, 0) is 23.1 Å². The molecule has 210 valence electrons. The second-order valence-corrected chi connectivity index (χ2v) is 12.0. The van der Waals surface area contributed by atoms with Crippen molar-refractivity contribution in [1.29, 1.82) is 0 Å². The molecule has 8 nitrogen and oxygen atoms in total. The van der Waals surface area contributed by atoms with Gasteiger partial charge < -0.3 is 28.3 Å². The van der Waals surface area contributed by atoms with Gasteiger partial charge in [0, 0.05) is 6.42 Å². The standard InChI is InChI=1S/C26H54NO7P/c1-5-6-7-8-9-10-11-12-13-14-15-16-17-18-19-20-26(29)32-23-25(28)24-34-35(30,31)33-22-21-27(2,3)4/h25,28H,5-24H2,1-4H3/t25-/m1/s1. The molecule has 1 unspecified atom stereocenters. The number of hydrogen-bond acceptors (Lipinski definition) is 7. The van der Waals surface area contributed by atoms with Gasteiger partial charge in [0.05, 0.1) is 27.7 Å². The molecule has 0 aromatic heterocycles. The van der Waals surface area contributed by atoms with E-state index in [1.54, 1.807) is 0 Å². The fraction of sp³-hybridized carbons (Fsp3) is 0.962. The van der Waals surface area contributed by atoms with Gasteiger partial charge in [-0.1, -0.05) is 96.8 Å². The zero-order valence-electron chi connectivity index (χ0n) is 23.0. The van der Waals surface area contributed by atoms with Crippen molar-refractivity contribution in [2.45, 2.75) is 116 Å². The Bertz CT molecular complexity index is 554. The zero-order chi connectivity index (χ0) is 26.4. The van der Waals surface area contributed by atoms with Crippen molar-refractivity contribution >= 4 is 13.8 Å². The Hall–Kier alpha value is -0.500. The number of hydrogen-bond donors (Lipinski definition) is 1. The van der Waals surface area contributed by atoms with E-state index in [4.69, 9.17) is 9.26 Å². The van der Waals surface area contributed by atoms with Crippen LogP contribution in [0.2, 0.25) is 0 Å². The Morgan fingerprint density at radius 2 is 1.26 bits per heavy atom. The number of aliphatic hydroxyl groups is 1. The number of rotatable bonds is 25. The van der Waals surface area contributed by atoms with Crippen molar-refractivity contribution in [2.75, 3.05) is 47.5 Å². The van der Waals surface area contributed by atoms with E-state index >= 15 is 0 Å². The lowest BCUT2D eigenvalue weighted by Gasteiger charge is -2.27. The van der Waals surface area contributed by atoms with Crippen LogP contribution >= 0.6 is 7.82 Å². The molecule has 0 heterocycles. The smallest absolute Gasteiger partial charge is 0.305 e. The summed E-state index contributed by atoms with van der Waals surface area (Å²) in [7, 11) is 1.26. The molecule has 2 atom stereocenters. The molecule has 1 N–H and O–H groups in total. The zero-order valence-corrected chi connectivity index (χ0v) is 23.9. The molecule has 0 spiro atoms. The Labute approximate surface area is 214 Å². The third kappa shape index (κ3) is 26.4. The molecule has 0 bridgehead atoms. The molecule has 0 aliphatic carbocycles. The number of phosphoric acid groups is 1. The fourth-order valence-electron chi connectivity index (χ4n) is 3.59. The minimum Gasteiger partial charge on any atom is -0.756 e. The number of unbranched alkanes of at least 4 members (excludes halogenated alkanes) is 14. The van der Waals surface area contributed by atoms with E-state index in [1.807, 2.05) is 21.1 Å². The summed E-state index contributed by atoms with van der Waals surface area (Å²) in [6.45, 7) is 1.95. The number of ether oxygens (including phenoxy) is 1. The molecule has 0 fully saturated rings. The van der Waals surface area contributed by atoms with E-state index in [1.165, 1.54) is 77.0 Å². The number of likely N-dealkylation sites (N-methyl/N-ethyl adjacent to an activating group) is 1. The summed E-state index contributed by atoms with van der Waals surface area (Å²) in [6, 6.07) is 0. The molecule has 0 aromatic carbocycles. The highest BCUT2D eigenvalue weighted by atomic mass is 31.2. The van der Waals surface area contributed by atoms with E-state index < -0.39 is 20.5 Å². The van der Waals surface area contributed by atoms with Crippen LogP contribution < -0.4 is 4.89 Å². The van der Waals surface area contributed by atoms with Gasteiger partial charge in [-0.3, -0.25) is 9.36 Å². The topological polar surface area (TPSA) is 105 Å². The Kier molecular flexibility index (Phi) is 21.3. The third-order valence-electron chi connectivity index (χ3n) is 5.86. The maximum atomic E-state index is 11.8. The van der Waals surface area contributed by atoms with Crippen LogP contribution in [-0.4, -0.2) is 69.2 Å². The lowest BCUT2D eigenvalue weighted by Crippen LogP contribution is -2.37. The second kappa shape index (κ2) is 21.6. The Morgan fingerprint density at radius 1 is 0.800 bits per heavy atom. The minimum absolute atomic E-state index is 0.00534. The number of quaternary nitrogens is 1. The third-order valence-corrected chi connectivity index (χ3v) is 6.82. The number of carbonyl (C=O) groups excluding carboxylic acids is 1. The van der Waals surface area contributed by atoms with Gasteiger partial charge in [0.1, 0.15) is 25.9 Å². The average Bonchev–Trinajstić information content (AvgIpc) is 2.78. The SMILES string of the molecule is CCCCCCCCCCCCCCCCCC(=O)OC[C@@H](O)COP(=O)([O-])OCC[N+](C)(C)C. The van der Waals surface area contributed by atoms with Crippen LogP contribution in [0.3, 0.4) is 0 Å². The molecule has 0 saturated heterocycles. The highest BCUT2D eigenvalue weighted by Crippen LogP contribution is 2.38. The van der Waals surface area contributed by atoms with Crippen molar-refractivity contribution < 1.29 is 37.6 Å². The second-order valence-electron chi connectivity index (χ2n) is 10.6. The molecule has 0 radical (unpaired) electrons. The van der Waals surface area contributed by atoms with Crippen molar-refractivity contribution in [3.8, 4) is 0 Å². The first-order valence-corrected chi connectivity index (χ1v) is 15.3. The predicted molar refractivity (Wildman–Crippen MR) is 139 cm³/mol. The summed E-state index contributed by atoms with van der Waals surface area (Å²) in [4.78, 5) is 23.5. The molecule has 0 saturated carbocycles. The first-order chi connectivity index (χ1) is 16.6. The van der Waals surface area contributed by atoms with Gasteiger partial charge in [0.15, 0.2) is 0 Å². The lowest BCUT2D eigenvalue weighted by atomic mass is 10.0. The summed E-state index contributed by atoms with van der Waals surface area (Å²) in [6.07, 6.45) is 18.0. The average molecular weight is 524 g/mol. The number of phosphoric ester groups is 1. The largest absolute Gasteiger partial charge is 0.756 e. The summed E-state index contributed by atoms with van der Waals surface area (Å²) >= 11 is 0. The van der Waals surface area contributed by atoms with Crippen LogP contribution in [0.25, 0.3) is 0 Å². The molecular formula is C26H54NO7P. The molecule has 0 rings (SSSR count). The number of carbonyl (C=O) groups is 1. The number of esters is 1. The summed E-state index contributed by atoms with van der Waals surface area (Å²) in [5, 5.41) is 9.80. The van der Waals surface area contributed by atoms with Gasteiger partial charge in [-0.25, -0.2) is 0 Å². The van der Waals surface area contributed by atoms with Crippen molar-refractivity contribution in [1.82, 2.24) is 0 Å². The summed E-state index contributed by atoms with van der Waals surface area (Å²) in [5.74, 6) is -0.386. The summed E-state index contributed by atoms with van der Waals surface area (Å²) in [5.41, 5.74) is 0. The fourth-order valence-corrected chi connectivity index (χ4v) is 4.33. The van der Waals surface area contributed by atoms with E-state index in [-0.39, 0.29) is 19.2 Å². The van der Waals surface area contributed by atoms with Gasteiger partial charge >= 0.3 is 5.97 Å². The highest BCUT2D eigenvalue weighted by Gasteiger charge is 2.16. The van der Waals surface area contributed by atoms with E-state index in [0.717, 1.165) is 19.3 Å². The van der Waals surface area contributed by atoms with E-state index in [0.29, 0.717) is 17.4 Å². The van der Waals surface area contributed by atoms with Gasteiger partial charge in [0.25, 0.3) is 7.82 Å². The van der Waals surface area contributed by atoms with Crippen LogP contribution in [0.4, 0.5) is 0 Å². The predicted octanol–water partition coefficient (Wildman–Crippen LogP) is 5.36. The lowest BCUT2D eigenvalue weighted by molar-refractivity contribution is -0.870. The van der Waals surface area contributed by atoms with Gasteiger partial charge in [0.2, 0.25) is 0 Å². The maximum absolute atomic E-state index is 11.8. The van der Waals surface area contributed by atoms with Crippen molar-refractivity contribution in [3.05, 3.63) is 0 Å². The Morgan fingerprint density at radius 3 is 1.71 bits per heavy atom. The van der Waals surface area contributed by atoms with Gasteiger partial charge in [-0.2, -0.15) is 0 Å². The Balaban J connectivity index is 3.53. The quantitative estimate of drug-likeness (QED) is 0.0743. The van der Waals surface area contributed by atoms with Crippen LogP contribution in [0.5, 0.6) is 0 Å². The van der Waals surface area contributed by atoms with Crippen molar-refractivity contribution in [2.24, 2.45) is 0 Å². The van der Waals surface area contributed by atoms with E-state index in [2.05, 4.69) is 11.4 Å². The molecular weight excluding hydrogens is 469 g/mol. The first kappa shape index (κ1) is 34.5. The monoisotopic (exact) mass is 523 g/mol. The number of aliphatic hydroxyl groups excluding tert-OH is 1. The molecule has 0 aliphatic rings. The molecule has 0 aliphatic heterocycles. The normalized spacial score (nSPS) is 14.6. The molecule has 35 heavy (non-hydrogen) atoms. The number of nitrogens with zero attached hydrogens (tertiary/aromatic N) is 1. The highest BCUT2D eigenvalue weighted by molar-refractivity contribution is 7.45. The van der Waals surface area contributed by atoms with Crippen molar-refractivity contribution in [3.63, 3.8) is 0 Å². The van der Waals surface area contributed by atoms with Crippen LogP contribution in [0.15, 0.2) is 0 Å². The van der Waals surface area contributed by atoms with Crippen LogP contribution in [0, 0.1) is 0 Å². The van der Waals surface area contributed by atoms with E-state index in [9.17, 15) is 19.4 Å². The molecule has 0 amide bonds. The van der Waals surface area contributed by atoms with Gasteiger partial charge in [-0.05, 0) is 6.42 Å². The maximum Gasteiger partial charge on any atom is 0.305 e. The first-order valence-electron chi connectivity index (χ1n) is 13.8. The summed E-state index contributed by atoms with van der Waals surface area (Å²) < 4.78 is 26.7. The van der Waals surface area contributed by atoms with Gasteiger partial charge in [-0.15, -0.1) is 0 Å². The molecule has 0 aromatic rings. The minimum atomic E-state index is -4.49. The van der Waals surface area contributed by atoms with Crippen LogP contribution in [0.1, 0.15) is 110 Å². The molecule has 9 heteroatoms.